The monoisotopic (exact) mass is 242 g/mol. The molecule has 98 valence electrons. The standard InChI is InChI=1S/C12H23N3O2/c1-9(2)13-12(17)14-11(16)8-15-6-4-5-10(3)7-15/h9-10H,4-8H2,1-3H3,(H2,13,14,16,17)/p+1/t10-/m1/s1. The van der Waals surface area contributed by atoms with E-state index in [1.54, 1.807) is 0 Å². The summed E-state index contributed by atoms with van der Waals surface area (Å²) >= 11 is 0. The number of hydrogen-bond donors (Lipinski definition) is 3. The van der Waals surface area contributed by atoms with Crippen LogP contribution >= 0.6 is 0 Å². The van der Waals surface area contributed by atoms with Gasteiger partial charge in [-0.25, -0.2) is 4.79 Å². The molecule has 0 saturated carbocycles. The molecule has 1 heterocycles. The summed E-state index contributed by atoms with van der Waals surface area (Å²) in [6, 6.07) is -0.348. The minimum absolute atomic E-state index is 0.0464. The van der Waals surface area contributed by atoms with Gasteiger partial charge in [0, 0.05) is 12.0 Å². The first-order chi connectivity index (χ1) is 7.97. The predicted octanol–water partition coefficient (Wildman–Crippen LogP) is -0.465. The number of carbonyl (C=O) groups excluding carboxylic acids is 2. The Morgan fingerprint density at radius 3 is 2.71 bits per heavy atom. The molecule has 1 aliphatic rings. The first-order valence-electron chi connectivity index (χ1n) is 6.41. The molecule has 0 aliphatic carbocycles. The minimum Gasteiger partial charge on any atom is -0.336 e. The molecule has 1 rings (SSSR count). The Morgan fingerprint density at radius 2 is 2.12 bits per heavy atom. The molecule has 5 nitrogen and oxygen atoms in total. The van der Waals surface area contributed by atoms with Crippen molar-refractivity contribution in [2.75, 3.05) is 19.6 Å². The summed E-state index contributed by atoms with van der Waals surface area (Å²) < 4.78 is 0. The lowest BCUT2D eigenvalue weighted by atomic mass is 10.0. The van der Waals surface area contributed by atoms with Crippen LogP contribution in [0.2, 0.25) is 0 Å². The SMILES string of the molecule is CC(C)NC(=O)NC(=O)C[NH+]1CCC[C@@H](C)C1. The molecule has 5 heteroatoms. The molecule has 0 bridgehead atoms. The Morgan fingerprint density at radius 1 is 1.41 bits per heavy atom. The number of amides is 3. The van der Waals surface area contributed by atoms with E-state index in [9.17, 15) is 9.59 Å². The zero-order valence-electron chi connectivity index (χ0n) is 11.0. The molecule has 0 spiro atoms. The highest BCUT2D eigenvalue weighted by atomic mass is 16.2. The zero-order valence-corrected chi connectivity index (χ0v) is 11.0. The minimum atomic E-state index is -0.394. The summed E-state index contributed by atoms with van der Waals surface area (Å²) in [5, 5.41) is 5.00. The summed E-state index contributed by atoms with van der Waals surface area (Å²) in [5.74, 6) is 0.489. The molecule has 0 radical (unpaired) electrons. The molecule has 2 atom stereocenters. The molecule has 1 aliphatic heterocycles. The summed E-state index contributed by atoms with van der Waals surface area (Å²) in [4.78, 5) is 24.2. The van der Waals surface area contributed by atoms with Gasteiger partial charge >= 0.3 is 6.03 Å². The van der Waals surface area contributed by atoms with Gasteiger partial charge in [-0.2, -0.15) is 0 Å². The van der Waals surface area contributed by atoms with Crippen LogP contribution in [0.25, 0.3) is 0 Å². The van der Waals surface area contributed by atoms with Crippen LogP contribution < -0.4 is 15.5 Å². The third-order valence-corrected chi connectivity index (χ3v) is 2.95. The molecule has 3 N–H and O–H groups in total. The van der Waals surface area contributed by atoms with Crippen molar-refractivity contribution < 1.29 is 14.5 Å². The van der Waals surface area contributed by atoms with Crippen LogP contribution in [-0.4, -0.2) is 37.6 Å². The maximum absolute atomic E-state index is 11.6. The predicted molar refractivity (Wildman–Crippen MR) is 65.8 cm³/mol. The molecule has 1 saturated heterocycles. The summed E-state index contributed by atoms with van der Waals surface area (Å²) in [6.07, 6.45) is 2.42. The summed E-state index contributed by atoms with van der Waals surface area (Å²) in [7, 11) is 0. The van der Waals surface area contributed by atoms with Gasteiger partial charge < -0.3 is 10.2 Å². The Balaban J connectivity index is 2.26. The van der Waals surface area contributed by atoms with Crippen molar-refractivity contribution >= 4 is 11.9 Å². The number of imide groups is 1. The molecule has 0 aromatic heterocycles. The second-order valence-corrected chi connectivity index (χ2v) is 5.30. The highest BCUT2D eigenvalue weighted by Gasteiger charge is 2.22. The van der Waals surface area contributed by atoms with E-state index in [0.717, 1.165) is 13.1 Å². The van der Waals surface area contributed by atoms with Gasteiger partial charge in [0.25, 0.3) is 5.91 Å². The molecule has 17 heavy (non-hydrogen) atoms. The second kappa shape index (κ2) is 6.59. The molecular weight excluding hydrogens is 218 g/mol. The van der Waals surface area contributed by atoms with E-state index < -0.39 is 6.03 Å². The number of piperidine rings is 1. The smallest absolute Gasteiger partial charge is 0.321 e. The lowest BCUT2D eigenvalue weighted by Gasteiger charge is -2.27. The van der Waals surface area contributed by atoms with Gasteiger partial charge in [-0.15, -0.1) is 0 Å². The number of rotatable bonds is 3. The fourth-order valence-corrected chi connectivity index (χ4v) is 2.25. The number of urea groups is 1. The zero-order chi connectivity index (χ0) is 12.8. The van der Waals surface area contributed by atoms with Gasteiger partial charge in [0.05, 0.1) is 13.1 Å². The molecule has 1 fully saturated rings. The maximum Gasteiger partial charge on any atom is 0.321 e. The van der Waals surface area contributed by atoms with E-state index in [2.05, 4.69) is 17.6 Å². The average Bonchev–Trinajstić information content (AvgIpc) is 2.14. The lowest BCUT2D eigenvalue weighted by molar-refractivity contribution is -0.900. The largest absolute Gasteiger partial charge is 0.336 e. The average molecular weight is 242 g/mol. The van der Waals surface area contributed by atoms with Crippen molar-refractivity contribution in [1.82, 2.24) is 10.6 Å². The van der Waals surface area contributed by atoms with Gasteiger partial charge in [-0.3, -0.25) is 10.1 Å². The van der Waals surface area contributed by atoms with Crippen LogP contribution in [0.1, 0.15) is 33.6 Å². The first-order valence-corrected chi connectivity index (χ1v) is 6.41. The third-order valence-electron chi connectivity index (χ3n) is 2.95. The van der Waals surface area contributed by atoms with Crippen molar-refractivity contribution in [3.8, 4) is 0 Å². The Hall–Kier alpha value is -1.10. The van der Waals surface area contributed by atoms with Gasteiger partial charge in [-0.1, -0.05) is 6.92 Å². The van der Waals surface area contributed by atoms with E-state index in [4.69, 9.17) is 0 Å². The second-order valence-electron chi connectivity index (χ2n) is 5.30. The number of quaternary nitrogens is 1. The quantitative estimate of drug-likeness (QED) is 0.627. The maximum atomic E-state index is 11.6. The normalized spacial score (nSPS) is 24.5. The number of hydrogen-bond acceptors (Lipinski definition) is 2. The van der Waals surface area contributed by atoms with Gasteiger partial charge in [-0.05, 0) is 26.7 Å². The topological polar surface area (TPSA) is 62.6 Å². The van der Waals surface area contributed by atoms with Crippen molar-refractivity contribution in [2.24, 2.45) is 5.92 Å². The number of likely N-dealkylation sites (tertiary alicyclic amines) is 1. The fraction of sp³-hybridized carbons (Fsp3) is 0.833. The number of carbonyl (C=O) groups is 2. The van der Waals surface area contributed by atoms with Gasteiger partial charge in [0.2, 0.25) is 0 Å². The lowest BCUT2D eigenvalue weighted by Crippen LogP contribution is -3.14. The van der Waals surface area contributed by atoms with Crippen molar-refractivity contribution in [3.05, 3.63) is 0 Å². The van der Waals surface area contributed by atoms with Crippen LogP contribution in [0.15, 0.2) is 0 Å². The molecule has 0 aromatic carbocycles. The van der Waals surface area contributed by atoms with E-state index in [0.29, 0.717) is 12.5 Å². The molecule has 1 unspecified atom stereocenters. The van der Waals surface area contributed by atoms with Gasteiger partial charge in [0.15, 0.2) is 6.54 Å². The number of nitrogens with one attached hydrogen (secondary N) is 3. The van der Waals surface area contributed by atoms with Crippen LogP contribution in [0.5, 0.6) is 0 Å². The molecule has 0 aromatic rings. The van der Waals surface area contributed by atoms with Crippen molar-refractivity contribution in [3.63, 3.8) is 0 Å². The van der Waals surface area contributed by atoms with Gasteiger partial charge in [0.1, 0.15) is 0 Å². The molecular formula is C12H24N3O2+. The van der Waals surface area contributed by atoms with E-state index in [-0.39, 0.29) is 11.9 Å². The summed E-state index contributed by atoms with van der Waals surface area (Å²) in [5.41, 5.74) is 0. The Kier molecular flexibility index (Phi) is 5.41. The van der Waals surface area contributed by atoms with Crippen molar-refractivity contribution in [2.45, 2.75) is 39.7 Å². The highest BCUT2D eigenvalue weighted by Crippen LogP contribution is 2.04. The van der Waals surface area contributed by atoms with Crippen LogP contribution in [0.4, 0.5) is 4.79 Å². The van der Waals surface area contributed by atoms with Crippen LogP contribution in [0.3, 0.4) is 0 Å². The summed E-state index contributed by atoms with van der Waals surface area (Å²) in [6.45, 7) is 8.39. The Bertz CT molecular complexity index is 279. The first kappa shape index (κ1) is 14.0. The van der Waals surface area contributed by atoms with Crippen molar-refractivity contribution in [1.29, 1.82) is 0 Å². The Labute approximate surface area is 103 Å². The van der Waals surface area contributed by atoms with E-state index in [1.807, 2.05) is 13.8 Å². The van der Waals surface area contributed by atoms with Crippen LogP contribution in [-0.2, 0) is 4.79 Å². The third kappa shape index (κ3) is 5.68. The highest BCUT2D eigenvalue weighted by molar-refractivity contribution is 5.94. The fourth-order valence-electron chi connectivity index (χ4n) is 2.25. The van der Waals surface area contributed by atoms with E-state index >= 15 is 0 Å². The van der Waals surface area contributed by atoms with E-state index in [1.165, 1.54) is 17.7 Å². The molecule has 3 amide bonds. The van der Waals surface area contributed by atoms with Crippen LogP contribution in [0, 0.1) is 5.92 Å².